The van der Waals surface area contributed by atoms with Crippen molar-refractivity contribution in [1.82, 2.24) is 0 Å². The van der Waals surface area contributed by atoms with Gasteiger partial charge in [0.2, 0.25) is 0 Å². The predicted molar refractivity (Wildman–Crippen MR) is 345 cm³/mol. The molecule has 0 heterocycles. The van der Waals surface area contributed by atoms with E-state index < -0.39 is 19.8 Å². The van der Waals surface area contributed by atoms with Crippen molar-refractivity contribution in [2.24, 2.45) is 0 Å². The van der Waals surface area contributed by atoms with Crippen LogP contribution in [-0.2, 0) is 24.0 Å². The van der Waals surface area contributed by atoms with Gasteiger partial charge in [-0.25, -0.2) is 0 Å². The van der Waals surface area contributed by atoms with Crippen LogP contribution in [0.1, 0.15) is 258 Å². The second-order valence-corrected chi connectivity index (χ2v) is 10.4. The van der Waals surface area contributed by atoms with Crippen LogP contribution in [0, 0.1) is 0 Å². The maximum atomic E-state index is 10.1. The molecule has 22 heteroatoms. The number of hydrogen-bond acceptors (Lipinski definition) is 12. The predicted octanol–water partition coefficient (Wildman–Crippen LogP) is 4.29. The molecule has 455 valence electrons. The van der Waals surface area contributed by atoms with Crippen molar-refractivity contribution in [3.05, 3.63) is 24.3 Å². The van der Waals surface area contributed by atoms with Crippen molar-refractivity contribution in [2.75, 3.05) is 31.5 Å². The summed E-state index contributed by atoms with van der Waals surface area (Å²) in [7, 11) is 0.347. The van der Waals surface area contributed by atoms with Crippen LogP contribution in [0.3, 0.4) is 0 Å². The third-order valence-electron chi connectivity index (χ3n) is 1.49. The van der Waals surface area contributed by atoms with Crippen molar-refractivity contribution in [3.63, 3.8) is 0 Å². The SMILES string of the molecule is Br.CB(O)O.CB(O)O.CC.CC.CC.CC.CC.CC.CC.CC.CC.CC(C)(C)[O-].CC=CC.CC=CC.CC=O.CC=O.CCBr.CCBr.CCC.CCCC.CCOC.CO.O=CO[O-].[B].[H-].[H-].[K+].[K+].[K+].[Na+]. The standard InChI is InChI=1S/C4H9O.C4H10.2C4H8.C3H8O.C3H8.2C2H5Br.2C2H4O.9C2H6.2CH5BO2.CH2O3.CH4O.B.BrH.3K.Na.2H/c1-4(2,3)5;4*1-3-4-2;1-3-2;4*1-2-3;9*1-2;2*1-2(3)4;2-1-4-3;1-2;;;;;;;;/h1-3H3;3-4H2,1-2H3;2*3-4H,1-2H3;3H2,1-2H3;3H2,1-2H3;2*2H2,1H3;2*2H,1H3;9*1-2H3;2*3-4H,1H3;1,3H;2H,1H3;;1H;;;;;;/q-1;;;;;;;;;;;;;;;;;;;;;;;;;4*+1;2*-1/p-1. The number of methoxy groups -OCH3 is 1. The topological polar surface area (TPSA) is 217 Å². The van der Waals surface area contributed by atoms with Crippen LogP contribution >= 0.6 is 48.8 Å². The van der Waals surface area contributed by atoms with Crippen molar-refractivity contribution in [1.29, 1.82) is 0 Å². The molecule has 74 heavy (non-hydrogen) atoms. The Morgan fingerprint density at radius 2 is 0.568 bits per heavy atom. The number of aliphatic hydroxyl groups is 1. The molecule has 3 radical (unpaired) electrons. The fourth-order valence-corrected chi connectivity index (χ4v) is 0. The normalized spacial score (nSPS) is 5.55. The molecule has 0 saturated carbocycles. The van der Waals surface area contributed by atoms with Crippen LogP contribution in [-0.4, -0.2) is 104 Å². The first-order chi connectivity index (χ1) is 32.1. The number of carbonyl (C=O) groups is 3. The molecule has 0 bridgehead atoms. The number of halogens is 3. The molecule has 0 atom stereocenters. The Balaban J connectivity index is -0.00000000962. The van der Waals surface area contributed by atoms with Gasteiger partial charge in [0.25, 0.3) is 6.47 Å². The summed E-state index contributed by atoms with van der Waals surface area (Å²) >= 11 is 6.29. The van der Waals surface area contributed by atoms with Crippen LogP contribution in [0.5, 0.6) is 0 Å². The van der Waals surface area contributed by atoms with Crippen LogP contribution in [0.25, 0.3) is 0 Å². The number of hydrogen-bond donors (Lipinski definition) is 5. The molecule has 0 aliphatic carbocycles. The Morgan fingerprint density at radius 1 is 0.514 bits per heavy atom. The summed E-state index contributed by atoms with van der Waals surface area (Å²) in [6.07, 6.45) is 13.4. The summed E-state index contributed by atoms with van der Waals surface area (Å²) < 4.78 is 4.54. The van der Waals surface area contributed by atoms with E-state index in [0.717, 1.165) is 36.9 Å². The number of ether oxygens (including phenoxy) is 1. The molecular formula is C52H141B3Br3K3NaO12. The Kier molecular flexibility index (Phi) is 1160. The summed E-state index contributed by atoms with van der Waals surface area (Å²) in [5, 5.41) is 58.1. The molecule has 0 aliphatic heterocycles. The monoisotopic (exact) mass is 1370 g/mol. The first-order valence-corrected chi connectivity index (χ1v) is 27.5. The van der Waals surface area contributed by atoms with E-state index in [1.165, 1.54) is 46.8 Å². The largest absolute Gasteiger partial charge is 1.00 e. The van der Waals surface area contributed by atoms with E-state index in [1.54, 1.807) is 27.9 Å². The van der Waals surface area contributed by atoms with Crippen LogP contribution in [0.4, 0.5) is 0 Å². The minimum Gasteiger partial charge on any atom is -1.00 e. The molecule has 0 saturated heterocycles. The number of aldehydes is 2. The van der Waals surface area contributed by atoms with Crippen LogP contribution < -0.4 is 194 Å². The van der Waals surface area contributed by atoms with Gasteiger partial charge >= 0.3 is 198 Å². The smallest absolute Gasteiger partial charge is 1.00 e. The molecule has 0 amide bonds. The molecule has 0 aromatic rings. The fourth-order valence-electron chi connectivity index (χ4n) is 0. The molecule has 0 unspecified atom stereocenters. The van der Waals surface area contributed by atoms with E-state index in [2.05, 4.69) is 69.2 Å². The number of rotatable bonds is 3. The molecule has 0 aliphatic rings. The van der Waals surface area contributed by atoms with Crippen molar-refractivity contribution >= 4 is 90.5 Å². The van der Waals surface area contributed by atoms with Gasteiger partial charge < -0.3 is 57.6 Å². The zero-order chi connectivity index (χ0) is 62.3. The average Bonchev–Trinajstić information content (AvgIpc) is 3.36. The Bertz CT molecular complexity index is 450. The zero-order valence-electron chi connectivity index (χ0n) is 60.8. The number of aliphatic hydroxyl groups excluding tert-OH is 1. The van der Waals surface area contributed by atoms with E-state index in [9.17, 15) is 5.11 Å². The number of allylic oxidation sites excluding steroid dienone is 4. The second kappa shape index (κ2) is 446. The van der Waals surface area contributed by atoms with Gasteiger partial charge in [0.05, 0.1) is 0 Å². The molecule has 12 nitrogen and oxygen atoms in total. The van der Waals surface area contributed by atoms with Gasteiger partial charge in [-0.2, -0.15) is 0 Å². The van der Waals surface area contributed by atoms with E-state index in [4.69, 9.17) is 44.8 Å². The summed E-state index contributed by atoms with van der Waals surface area (Å²) in [6.45, 7) is 69.6. The molecule has 0 aromatic heterocycles. The first kappa shape index (κ1) is 192. The molecule has 0 fully saturated rings. The minimum atomic E-state index is -1.17. The summed E-state index contributed by atoms with van der Waals surface area (Å²) in [6, 6.07) is 0. The molecule has 0 aromatic carbocycles. The number of unbranched alkanes of at least 4 members (excludes halogenated alkanes) is 1. The van der Waals surface area contributed by atoms with Crippen LogP contribution in [0.2, 0.25) is 13.6 Å². The van der Waals surface area contributed by atoms with Crippen molar-refractivity contribution in [2.45, 2.75) is 274 Å². The van der Waals surface area contributed by atoms with Gasteiger partial charge in [-0.1, -0.05) is 262 Å². The maximum absolute atomic E-state index is 10.1. The van der Waals surface area contributed by atoms with Gasteiger partial charge in [0.15, 0.2) is 0 Å². The average molecular weight is 1370 g/mol. The number of alkyl halides is 2. The number of carbonyl (C=O) groups excluding carboxylic acids is 3. The van der Waals surface area contributed by atoms with Gasteiger partial charge in [0, 0.05) is 39.9 Å². The van der Waals surface area contributed by atoms with Gasteiger partial charge in [-0.05, 0) is 62.1 Å². The Labute approximate surface area is 655 Å². The first-order valence-electron chi connectivity index (χ1n) is 25.3. The molecular weight excluding hydrogens is 1230 g/mol. The van der Waals surface area contributed by atoms with E-state index in [1.807, 2.05) is 197 Å². The molecule has 0 spiro atoms. The molecule has 0 rings (SSSR count). The van der Waals surface area contributed by atoms with Crippen molar-refractivity contribution < 1.29 is 246 Å². The van der Waals surface area contributed by atoms with Crippen molar-refractivity contribution in [3.8, 4) is 0 Å². The molecule has 5 N–H and O–H groups in total. The second-order valence-electron chi connectivity index (χ2n) is 8.19. The van der Waals surface area contributed by atoms with Crippen LogP contribution in [0.15, 0.2) is 24.3 Å². The van der Waals surface area contributed by atoms with Gasteiger partial charge in [-0.15, -0.1) is 22.6 Å². The summed E-state index contributed by atoms with van der Waals surface area (Å²) in [5.41, 5.74) is -0.750. The van der Waals surface area contributed by atoms with Gasteiger partial charge in [-0.3, -0.25) is 4.79 Å². The Hall–Kier alpha value is 5.51. The third kappa shape index (κ3) is 4110. The summed E-state index contributed by atoms with van der Waals surface area (Å²) in [4.78, 5) is 28.9. The zero-order valence-corrected chi connectivity index (χ0v) is 75.0. The maximum Gasteiger partial charge on any atom is 1.00 e. The van der Waals surface area contributed by atoms with E-state index in [0.29, 0.717) is 0 Å². The summed E-state index contributed by atoms with van der Waals surface area (Å²) in [5.74, 6) is 0. The third-order valence-corrected chi connectivity index (χ3v) is 1.49. The van der Waals surface area contributed by atoms with E-state index >= 15 is 0 Å². The Morgan fingerprint density at radius 3 is 0.568 bits per heavy atom. The van der Waals surface area contributed by atoms with E-state index in [-0.39, 0.29) is 218 Å². The van der Waals surface area contributed by atoms with Gasteiger partial charge in [0.1, 0.15) is 12.6 Å². The minimum absolute atomic E-state index is 0. The quantitative estimate of drug-likeness (QED) is 0.0669. The fraction of sp³-hybridized carbons (Fsp3) is 0.865.